The highest BCUT2D eigenvalue weighted by Gasteiger charge is 2.27. The quantitative estimate of drug-likeness (QED) is 0.242. The van der Waals surface area contributed by atoms with Crippen LogP contribution in [0.15, 0.2) is 59.8 Å². The second-order valence-corrected chi connectivity index (χ2v) is 9.08. The SMILES string of the molecule is Cc1ncc(CO)c2c1Oc1nc(-c3ccc(Cl)cc3)nc(SCc3cccc(F)c3)c1C2. The van der Waals surface area contributed by atoms with Gasteiger partial charge in [0.15, 0.2) is 11.6 Å². The highest BCUT2D eigenvalue weighted by Crippen LogP contribution is 2.43. The Kier molecular flexibility index (Phi) is 6.01. The van der Waals surface area contributed by atoms with Crippen molar-refractivity contribution < 1.29 is 14.2 Å². The Labute approximate surface area is 199 Å². The average molecular weight is 480 g/mol. The number of aliphatic hydroxyl groups excluding tert-OH is 1. The first-order valence-corrected chi connectivity index (χ1v) is 11.7. The molecule has 8 heteroatoms. The lowest BCUT2D eigenvalue weighted by Crippen LogP contribution is -2.13. The normalized spacial score (nSPS) is 12.1. The van der Waals surface area contributed by atoms with Gasteiger partial charge in [-0.15, -0.1) is 11.8 Å². The van der Waals surface area contributed by atoms with Crippen molar-refractivity contribution in [3.8, 4) is 23.0 Å². The molecule has 5 rings (SSSR count). The minimum Gasteiger partial charge on any atom is -0.436 e. The fourth-order valence-electron chi connectivity index (χ4n) is 3.72. The third kappa shape index (κ3) is 4.44. The molecule has 1 aliphatic heterocycles. The van der Waals surface area contributed by atoms with Crippen LogP contribution in [0.5, 0.6) is 11.6 Å². The van der Waals surface area contributed by atoms with Gasteiger partial charge >= 0.3 is 0 Å². The van der Waals surface area contributed by atoms with Gasteiger partial charge in [0.05, 0.1) is 17.9 Å². The smallest absolute Gasteiger partial charge is 0.227 e. The van der Waals surface area contributed by atoms with Crippen molar-refractivity contribution in [3.05, 3.63) is 93.5 Å². The molecule has 0 amide bonds. The summed E-state index contributed by atoms with van der Waals surface area (Å²) in [5, 5.41) is 11.2. The molecule has 0 radical (unpaired) electrons. The number of aryl methyl sites for hydroxylation is 1. The lowest BCUT2D eigenvalue weighted by molar-refractivity contribution is 0.278. The number of hydrogen-bond acceptors (Lipinski definition) is 6. The van der Waals surface area contributed by atoms with Gasteiger partial charge in [0.25, 0.3) is 0 Å². The maximum Gasteiger partial charge on any atom is 0.227 e. The van der Waals surface area contributed by atoms with E-state index in [9.17, 15) is 9.50 Å². The lowest BCUT2D eigenvalue weighted by atomic mass is 9.99. The van der Waals surface area contributed by atoms with Crippen molar-refractivity contribution >= 4 is 23.4 Å². The maximum absolute atomic E-state index is 13.7. The molecule has 1 aliphatic rings. The number of ether oxygens (including phenoxy) is 1. The Morgan fingerprint density at radius 3 is 2.70 bits per heavy atom. The zero-order chi connectivity index (χ0) is 22.9. The number of rotatable bonds is 5. The Morgan fingerprint density at radius 1 is 1.12 bits per heavy atom. The number of fused-ring (bicyclic) bond motifs is 2. The molecule has 0 saturated heterocycles. The van der Waals surface area contributed by atoms with Gasteiger partial charge in [-0.05, 0) is 48.9 Å². The van der Waals surface area contributed by atoms with E-state index in [-0.39, 0.29) is 12.4 Å². The van der Waals surface area contributed by atoms with E-state index < -0.39 is 0 Å². The maximum atomic E-state index is 13.7. The van der Waals surface area contributed by atoms with Crippen molar-refractivity contribution in [1.29, 1.82) is 0 Å². The van der Waals surface area contributed by atoms with Gasteiger partial charge in [-0.1, -0.05) is 23.7 Å². The Balaban J connectivity index is 1.59. The highest BCUT2D eigenvalue weighted by atomic mass is 35.5. The second kappa shape index (κ2) is 9.09. The van der Waals surface area contributed by atoms with Crippen molar-refractivity contribution in [3.63, 3.8) is 0 Å². The monoisotopic (exact) mass is 479 g/mol. The Morgan fingerprint density at radius 2 is 1.94 bits per heavy atom. The topological polar surface area (TPSA) is 68.1 Å². The van der Waals surface area contributed by atoms with Gasteiger partial charge in [-0.2, -0.15) is 4.98 Å². The fraction of sp³-hybridized carbons (Fsp3) is 0.160. The third-order valence-electron chi connectivity index (χ3n) is 5.43. The number of pyridine rings is 1. The summed E-state index contributed by atoms with van der Waals surface area (Å²) in [4.78, 5) is 13.9. The number of aromatic nitrogens is 3. The van der Waals surface area contributed by atoms with Gasteiger partial charge < -0.3 is 9.84 Å². The van der Waals surface area contributed by atoms with E-state index in [1.165, 1.54) is 23.9 Å². The number of aliphatic hydroxyl groups is 1. The molecule has 1 N–H and O–H groups in total. The molecule has 0 atom stereocenters. The first kappa shape index (κ1) is 21.8. The molecule has 0 bridgehead atoms. The zero-order valence-electron chi connectivity index (χ0n) is 17.7. The van der Waals surface area contributed by atoms with Crippen molar-refractivity contribution in [2.45, 2.75) is 30.7 Å². The van der Waals surface area contributed by atoms with E-state index in [0.29, 0.717) is 40.2 Å². The average Bonchev–Trinajstić information content (AvgIpc) is 2.82. The van der Waals surface area contributed by atoms with E-state index in [1.54, 1.807) is 24.4 Å². The highest BCUT2D eigenvalue weighted by molar-refractivity contribution is 7.98. The predicted octanol–water partition coefficient (Wildman–Crippen LogP) is 6.12. The molecule has 0 aliphatic carbocycles. The van der Waals surface area contributed by atoms with Gasteiger partial charge in [-0.25, -0.2) is 9.37 Å². The summed E-state index contributed by atoms with van der Waals surface area (Å²) >= 11 is 7.55. The Bertz CT molecular complexity index is 1350. The van der Waals surface area contributed by atoms with Crippen LogP contribution in [-0.2, 0) is 18.8 Å². The minimum atomic E-state index is -0.271. The number of nitrogens with zero attached hydrogens (tertiary/aromatic N) is 3. The van der Waals surface area contributed by atoms with Crippen LogP contribution in [0.4, 0.5) is 4.39 Å². The van der Waals surface area contributed by atoms with Crippen LogP contribution in [0.2, 0.25) is 5.02 Å². The molecule has 166 valence electrons. The van der Waals surface area contributed by atoms with Crippen LogP contribution in [0, 0.1) is 12.7 Å². The van der Waals surface area contributed by atoms with Crippen LogP contribution in [0.3, 0.4) is 0 Å². The molecular formula is C25H19ClFN3O2S. The molecule has 0 unspecified atom stereocenters. The first-order valence-electron chi connectivity index (χ1n) is 10.3. The summed E-state index contributed by atoms with van der Waals surface area (Å²) in [6.45, 7) is 1.73. The van der Waals surface area contributed by atoms with Crippen LogP contribution in [0.25, 0.3) is 11.4 Å². The van der Waals surface area contributed by atoms with Gasteiger partial charge in [0, 0.05) is 40.1 Å². The molecule has 0 spiro atoms. The van der Waals surface area contributed by atoms with Crippen LogP contribution in [-0.4, -0.2) is 20.1 Å². The number of thioether (sulfide) groups is 1. The van der Waals surface area contributed by atoms with E-state index in [2.05, 4.69) is 4.98 Å². The van der Waals surface area contributed by atoms with E-state index in [0.717, 1.165) is 33.0 Å². The van der Waals surface area contributed by atoms with Gasteiger partial charge in [-0.3, -0.25) is 4.98 Å². The molecule has 5 nitrogen and oxygen atoms in total. The van der Waals surface area contributed by atoms with E-state index in [4.69, 9.17) is 26.3 Å². The number of benzene rings is 2. The molecule has 0 fully saturated rings. The molecule has 2 aromatic heterocycles. The molecular weight excluding hydrogens is 461 g/mol. The molecule has 3 heterocycles. The summed E-state index contributed by atoms with van der Waals surface area (Å²) in [7, 11) is 0. The van der Waals surface area contributed by atoms with Gasteiger partial charge in [0.2, 0.25) is 5.88 Å². The summed E-state index contributed by atoms with van der Waals surface area (Å²) in [5.74, 6) is 1.86. The largest absolute Gasteiger partial charge is 0.436 e. The molecule has 0 saturated carbocycles. The minimum absolute atomic E-state index is 0.135. The number of hydrogen-bond donors (Lipinski definition) is 1. The summed E-state index contributed by atoms with van der Waals surface area (Å²) in [5.41, 5.74) is 4.82. The standard InChI is InChI=1S/C25H19ClFN3O2S/c1-14-22-20(17(12-31)11-28-14)10-21-24(32-22)29-23(16-5-7-18(26)8-6-16)30-25(21)33-13-15-3-2-4-19(27)9-15/h2-9,11,31H,10,12-13H2,1H3. The summed E-state index contributed by atoms with van der Waals surface area (Å²) in [6, 6.07) is 13.8. The van der Waals surface area contributed by atoms with Crippen molar-refractivity contribution in [2.24, 2.45) is 0 Å². The summed E-state index contributed by atoms with van der Waals surface area (Å²) < 4.78 is 19.9. The molecule has 33 heavy (non-hydrogen) atoms. The lowest BCUT2D eigenvalue weighted by Gasteiger charge is -2.24. The van der Waals surface area contributed by atoms with E-state index in [1.807, 2.05) is 25.1 Å². The fourth-order valence-corrected chi connectivity index (χ4v) is 4.81. The molecule has 4 aromatic rings. The second-order valence-electron chi connectivity index (χ2n) is 7.68. The predicted molar refractivity (Wildman–Crippen MR) is 126 cm³/mol. The zero-order valence-corrected chi connectivity index (χ0v) is 19.3. The van der Waals surface area contributed by atoms with Crippen LogP contribution in [0.1, 0.15) is 27.9 Å². The van der Waals surface area contributed by atoms with E-state index >= 15 is 0 Å². The van der Waals surface area contributed by atoms with Crippen molar-refractivity contribution in [1.82, 2.24) is 15.0 Å². The molecule has 2 aromatic carbocycles. The summed E-state index contributed by atoms with van der Waals surface area (Å²) in [6.07, 6.45) is 2.18. The van der Waals surface area contributed by atoms with Crippen LogP contribution < -0.4 is 4.74 Å². The first-order chi connectivity index (χ1) is 16.0. The Hall–Kier alpha value is -3.00. The van der Waals surface area contributed by atoms with Gasteiger partial charge in [0.1, 0.15) is 10.8 Å². The third-order valence-corrected chi connectivity index (χ3v) is 6.77. The van der Waals surface area contributed by atoms with Crippen molar-refractivity contribution in [2.75, 3.05) is 0 Å². The number of halogens is 2. The van der Waals surface area contributed by atoms with Crippen LogP contribution >= 0.6 is 23.4 Å².